The van der Waals surface area contributed by atoms with Crippen molar-refractivity contribution >= 4 is 5.84 Å². The second-order valence-corrected chi connectivity index (χ2v) is 5.06. The Bertz CT molecular complexity index is 449. The minimum absolute atomic E-state index is 0.0695. The van der Waals surface area contributed by atoms with E-state index in [0.717, 1.165) is 12.0 Å². The fraction of sp³-hybridized carbons (Fsp3) is 0.533. The molecule has 5 heteroatoms. The summed E-state index contributed by atoms with van der Waals surface area (Å²) in [5.74, 6) is -0.466. The maximum absolute atomic E-state index is 13.2. The zero-order chi connectivity index (χ0) is 15.0. The van der Waals surface area contributed by atoms with E-state index in [1.54, 1.807) is 6.07 Å². The molecule has 0 heterocycles. The first kappa shape index (κ1) is 16.4. The zero-order valence-electron chi connectivity index (χ0n) is 12.2. The smallest absolute Gasteiger partial charge is 0.170 e. The molecular weight excluding hydrogens is 257 g/mol. The number of nitrogens with zero attached hydrogens (tertiary/aromatic N) is 1. The Morgan fingerprint density at radius 3 is 2.85 bits per heavy atom. The van der Waals surface area contributed by atoms with Gasteiger partial charge >= 0.3 is 0 Å². The molecule has 0 radical (unpaired) electrons. The molecule has 1 atom stereocenters. The molecule has 1 aromatic rings. The van der Waals surface area contributed by atoms with Gasteiger partial charge in [0.25, 0.3) is 0 Å². The van der Waals surface area contributed by atoms with Gasteiger partial charge in [-0.15, -0.1) is 0 Å². The zero-order valence-corrected chi connectivity index (χ0v) is 12.2. The summed E-state index contributed by atoms with van der Waals surface area (Å²) in [6.07, 6.45) is 4.74. The number of amidine groups is 1. The molecule has 0 fully saturated rings. The molecule has 0 aliphatic heterocycles. The number of nitrogens with two attached hydrogens (primary N) is 1. The molecule has 0 amide bonds. The van der Waals surface area contributed by atoms with E-state index >= 15 is 0 Å². The van der Waals surface area contributed by atoms with Crippen LogP contribution in [-0.2, 0) is 6.54 Å². The fourth-order valence-electron chi connectivity index (χ4n) is 2.08. The van der Waals surface area contributed by atoms with Crippen molar-refractivity contribution in [1.82, 2.24) is 5.32 Å². The van der Waals surface area contributed by atoms with Crippen LogP contribution >= 0.6 is 0 Å². The van der Waals surface area contributed by atoms with Gasteiger partial charge in [-0.05, 0) is 31.0 Å². The molecule has 0 aliphatic rings. The summed E-state index contributed by atoms with van der Waals surface area (Å²) < 4.78 is 13.2. The highest BCUT2D eigenvalue weighted by Crippen LogP contribution is 2.12. The standard InChI is InChI=1S/C15H24FN3O/c1-3-4-5-6-11(2)18-10-12-7-8-13(16)9-14(12)15(17)19-20/h7-9,11,18,20H,3-6,10H2,1-2H3,(H2,17,19). The first-order valence-corrected chi connectivity index (χ1v) is 7.08. The summed E-state index contributed by atoms with van der Waals surface area (Å²) in [5, 5.41) is 15.1. The fourth-order valence-corrected chi connectivity index (χ4v) is 2.08. The Labute approximate surface area is 119 Å². The van der Waals surface area contributed by atoms with E-state index in [9.17, 15) is 4.39 Å². The molecule has 1 aromatic carbocycles. The molecule has 0 saturated carbocycles. The molecule has 4 nitrogen and oxygen atoms in total. The number of benzene rings is 1. The van der Waals surface area contributed by atoms with Crippen molar-refractivity contribution in [2.75, 3.05) is 0 Å². The van der Waals surface area contributed by atoms with Gasteiger partial charge < -0.3 is 16.3 Å². The third kappa shape index (κ3) is 5.17. The summed E-state index contributed by atoms with van der Waals surface area (Å²) in [5.41, 5.74) is 6.83. The van der Waals surface area contributed by atoms with Crippen LogP contribution in [0.1, 0.15) is 50.7 Å². The summed E-state index contributed by atoms with van der Waals surface area (Å²) in [7, 11) is 0. The lowest BCUT2D eigenvalue weighted by atomic mass is 10.1. The van der Waals surface area contributed by atoms with E-state index in [2.05, 4.69) is 24.3 Å². The van der Waals surface area contributed by atoms with Crippen molar-refractivity contribution in [2.45, 2.75) is 52.1 Å². The van der Waals surface area contributed by atoms with E-state index in [1.807, 2.05) is 0 Å². The molecule has 0 bridgehead atoms. The number of hydrogen-bond acceptors (Lipinski definition) is 3. The Morgan fingerprint density at radius 2 is 2.20 bits per heavy atom. The van der Waals surface area contributed by atoms with Crippen LogP contribution in [0.2, 0.25) is 0 Å². The predicted molar refractivity (Wildman–Crippen MR) is 79.4 cm³/mol. The molecule has 0 saturated heterocycles. The van der Waals surface area contributed by atoms with Gasteiger partial charge in [0.15, 0.2) is 5.84 Å². The summed E-state index contributed by atoms with van der Waals surface area (Å²) in [6.45, 7) is 4.88. The lowest BCUT2D eigenvalue weighted by Crippen LogP contribution is -2.27. The Balaban J connectivity index is 2.63. The van der Waals surface area contributed by atoms with Gasteiger partial charge in [-0.2, -0.15) is 0 Å². The van der Waals surface area contributed by atoms with Crippen LogP contribution in [0.25, 0.3) is 0 Å². The normalized spacial score (nSPS) is 13.4. The number of oxime groups is 1. The maximum atomic E-state index is 13.2. The summed E-state index contributed by atoms with van der Waals surface area (Å²) >= 11 is 0. The van der Waals surface area contributed by atoms with Crippen molar-refractivity contribution in [3.8, 4) is 0 Å². The number of rotatable bonds is 8. The third-order valence-corrected chi connectivity index (χ3v) is 3.34. The highest BCUT2D eigenvalue weighted by molar-refractivity contribution is 5.98. The van der Waals surface area contributed by atoms with Crippen molar-refractivity contribution in [1.29, 1.82) is 0 Å². The van der Waals surface area contributed by atoms with E-state index in [1.165, 1.54) is 31.4 Å². The average molecular weight is 281 g/mol. The molecular formula is C15H24FN3O. The van der Waals surface area contributed by atoms with Gasteiger partial charge in [-0.3, -0.25) is 0 Å². The molecule has 1 unspecified atom stereocenters. The number of unbranched alkanes of at least 4 members (excludes halogenated alkanes) is 2. The first-order chi connectivity index (χ1) is 9.58. The van der Waals surface area contributed by atoms with Crippen LogP contribution in [0.3, 0.4) is 0 Å². The van der Waals surface area contributed by atoms with E-state index in [-0.39, 0.29) is 5.84 Å². The van der Waals surface area contributed by atoms with Crippen molar-refractivity contribution in [3.63, 3.8) is 0 Å². The molecule has 112 valence electrons. The largest absolute Gasteiger partial charge is 0.409 e. The molecule has 0 aliphatic carbocycles. The minimum Gasteiger partial charge on any atom is -0.409 e. The lowest BCUT2D eigenvalue weighted by Gasteiger charge is -2.15. The SMILES string of the molecule is CCCCCC(C)NCc1ccc(F)cc1C(N)=NO. The highest BCUT2D eigenvalue weighted by atomic mass is 19.1. The van der Waals surface area contributed by atoms with Crippen LogP contribution in [0.4, 0.5) is 4.39 Å². The molecule has 4 N–H and O–H groups in total. The minimum atomic E-state index is -0.397. The van der Waals surface area contributed by atoms with Gasteiger partial charge in [0, 0.05) is 18.2 Å². The van der Waals surface area contributed by atoms with Gasteiger partial charge in [-0.1, -0.05) is 37.4 Å². The van der Waals surface area contributed by atoms with Crippen LogP contribution in [0.5, 0.6) is 0 Å². The molecule has 20 heavy (non-hydrogen) atoms. The van der Waals surface area contributed by atoms with Crippen molar-refractivity contribution in [2.24, 2.45) is 10.9 Å². The molecule has 1 rings (SSSR count). The highest BCUT2D eigenvalue weighted by Gasteiger charge is 2.10. The Morgan fingerprint density at radius 1 is 1.45 bits per heavy atom. The summed E-state index contributed by atoms with van der Waals surface area (Å²) in [6, 6.07) is 4.71. The van der Waals surface area contributed by atoms with Gasteiger partial charge in [-0.25, -0.2) is 4.39 Å². The molecule has 0 spiro atoms. The van der Waals surface area contributed by atoms with E-state index in [0.29, 0.717) is 18.2 Å². The second kappa shape index (κ2) is 8.53. The molecule has 0 aromatic heterocycles. The monoisotopic (exact) mass is 281 g/mol. The topological polar surface area (TPSA) is 70.6 Å². The second-order valence-electron chi connectivity index (χ2n) is 5.06. The van der Waals surface area contributed by atoms with Crippen LogP contribution in [0.15, 0.2) is 23.4 Å². The van der Waals surface area contributed by atoms with Crippen LogP contribution in [0, 0.1) is 5.82 Å². The van der Waals surface area contributed by atoms with E-state index in [4.69, 9.17) is 10.9 Å². The lowest BCUT2D eigenvalue weighted by molar-refractivity contribution is 0.318. The Hall–Kier alpha value is -1.62. The van der Waals surface area contributed by atoms with Crippen LogP contribution < -0.4 is 11.1 Å². The van der Waals surface area contributed by atoms with Gasteiger partial charge in [0.05, 0.1) is 0 Å². The Kier molecular flexibility index (Phi) is 7.01. The van der Waals surface area contributed by atoms with E-state index < -0.39 is 5.82 Å². The predicted octanol–water partition coefficient (Wildman–Crippen LogP) is 2.98. The van der Waals surface area contributed by atoms with Crippen molar-refractivity contribution < 1.29 is 9.60 Å². The maximum Gasteiger partial charge on any atom is 0.170 e. The number of nitrogens with one attached hydrogen (secondary N) is 1. The van der Waals surface area contributed by atoms with Gasteiger partial charge in [0.2, 0.25) is 0 Å². The van der Waals surface area contributed by atoms with Gasteiger partial charge in [0.1, 0.15) is 5.82 Å². The first-order valence-electron chi connectivity index (χ1n) is 7.08. The average Bonchev–Trinajstić information content (AvgIpc) is 2.45. The third-order valence-electron chi connectivity index (χ3n) is 3.34. The van der Waals surface area contributed by atoms with Crippen molar-refractivity contribution in [3.05, 3.63) is 35.1 Å². The number of halogens is 1. The quantitative estimate of drug-likeness (QED) is 0.225. The summed E-state index contributed by atoms with van der Waals surface area (Å²) in [4.78, 5) is 0. The number of hydrogen-bond donors (Lipinski definition) is 3. The van der Waals surface area contributed by atoms with Crippen LogP contribution in [-0.4, -0.2) is 17.1 Å².